The SMILES string of the molecule is CC.CCc1cc(C(=O)NCC(CC)N(CC)CC)cc(OC[C@H]2CCCO2)n1.[HH]. The molecular weight excluding hydrogens is 366 g/mol. The molecule has 0 spiro atoms. The molecule has 1 aromatic heterocycles. The fourth-order valence-electron chi connectivity index (χ4n) is 3.48. The van der Waals surface area contributed by atoms with Crippen LogP contribution in [-0.2, 0) is 11.2 Å². The molecule has 2 rings (SSSR count). The minimum atomic E-state index is -0.0697. The molecule has 1 aliphatic heterocycles. The van der Waals surface area contributed by atoms with Gasteiger partial charge in [-0.1, -0.05) is 41.5 Å². The van der Waals surface area contributed by atoms with Crippen LogP contribution in [0.2, 0.25) is 0 Å². The number of aryl methyl sites for hydroxylation is 1. The Morgan fingerprint density at radius 1 is 1.31 bits per heavy atom. The Balaban J connectivity index is 0.00000272. The van der Waals surface area contributed by atoms with Crippen LogP contribution in [0.25, 0.3) is 0 Å². The first-order valence-corrected chi connectivity index (χ1v) is 11.4. The van der Waals surface area contributed by atoms with Gasteiger partial charge in [0.25, 0.3) is 5.91 Å². The number of hydrogen-bond donors (Lipinski definition) is 1. The van der Waals surface area contributed by atoms with Gasteiger partial charge < -0.3 is 14.8 Å². The highest BCUT2D eigenvalue weighted by Crippen LogP contribution is 2.17. The summed E-state index contributed by atoms with van der Waals surface area (Å²) < 4.78 is 11.4. The van der Waals surface area contributed by atoms with Crippen LogP contribution in [0.3, 0.4) is 0 Å². The summed E-state index contributed by atoms with van der Waals surface area (Å²) in [7, 11) is 0. The number of pyridine rings is 1. The van der Waals surface area contributed by atoms with Gasteiger partial charge in [0, 0.05) is 37.9 Å². The Morgan fingerprint density at radius 3 is 2.59 bits per heavy atom. The number of hydrogen-bond acceptors (Lipinski definition) is 5. The third-order valence-electron chi connectivity index (χ3n) is 5.22. The molecular formula is C23H43N3O3. The number of carbonyl (C=O) groups is 1. The van der Waals surface area contributed by atoms with Crippen molar-refractivity contribution in [1.29, 1.82) is 0 Å². The van der Waals surface area contributed by atoms with Gasteiger partial charge in [-0.15, -0.1) is 0 Å². The van der Waals surface area contributed by atoms with Crippen molar-refractivity contribution in [3.63, 3.8) is 0 Å². The summed E-state index contributed by atoms with van der Waals surface area (Å²) in [6.07, 6.45) is 4.00. The van der Waals surface area contributed by atoms with Crippen molar-refractivity contribution < 1.29 is 15.7 Å². The summed E-state index contributed by atoms with van der Waals surface area (Å²) >= 11 is 0. The molecule has 0 bridgehead atoms. The average Bonchev–Trinajstić information content (AvgIpc) is 3.29. The number of rotatable bonds is 11. The molecule has 0 aliphatic carbocycles. The normalized spacial score (nSPS) is 16.9. The van der Waals surface area contributed by atoms with Gasteiger partial charge in [-0.3, -0.25) is 9.69 Å². The van der Waals surface area contributed by atoms with Gasteiger partial charge in [0.1, 0.15) is 6.61 Å². The minimum absolute atomic E-state index is 0. The van der Waals surface area contributed by atoms with Crippen LogP contribution < -0.4 is 10.1 Å². The Bertz CT molecular complexity index is 591. The van der Waals surface area contributed by atoms with Crippen LogP contribution in [0.5, 0.6) is 5.88 Å². The minimum Gasteiger partial charge on any atom is -0.475 e. The molecule has 0 aromatic carbocycles. The quantitative estimate of drug-likeness (QED) is 0.589. The molecule has 1 unspecified atom stereocenters. The first-order chi connectivity index (χ1) is 14.1. The van der Waals surface area contributed by atoms with E-state index in [0.717, 1.165) is 51.1 Å². The molecule has 6 nitrogen and oxygen atoms in total. The highest BCUT2D eigenvalue weighted by Gasteiger charge is 2.18. The first-order valence-electron chi connectivity index (χ1n) is 11.4. The lowest BCUT2D eigenvalue weighted by molar-refractivity contribution is 0.0662. The van der Waals surface area contributed by atoms with E-state index in [2.05, 4.69) is 36.0 Å². The molecule has 0 radical (unpaired) electrons. The molecule has 1 saturated heterocycles. The predicted molar refractivity (Wildman–Crippen MR) is 121 cm³/mol. The largest absolute Gasteiger partial charge is 0.475 e. The first kappa shape index (κ1) is 25.4. The van der Waals surface area contributed by atoms with Gasteiger partial charge in [0.2, 0.25) is 5.88 Å². The summed E-state index contributed by atoms with van der Waals surface area (Å²) in [5, 5.41) is 3.09. The van der Waals surface area contributed by atoms with Crippen molar-refractivity contribution in [3.05, 3.63) is 23.4 Å². The smallest absolute Gasteiger partial charge is 0.251 e. The zero-order valence-corrected chi connectivity index (χ0v) is 19.3. The molecule has 2 atom stereocenters. The summed E-state index contributed by atoms with van der Waals surface area (Å²) in [6.45, 7) is 16.4. The van der Waals surface area contributed by atoms with E-state index < -0.39 is 0 Å². The lowest BCUT2D eigenvalue weighted by Gasteiger charge is -2.28. The van der Waals surface area contributed by atoms with Crippen LogP contribution in [0.15, 0.2) is 12.1 Å². The second-order valence-corrected chi connectivity index (χ2v) is 6.98. The number of amides is 1. The average molecular weight is 410 g/mol. The highest BCUT2D eigenvalue weighted by molar-refractivity contribution is 5.94. The van der Waals surface area contributed by atoms with Crippen molar-refractivity contribution in [1.82, 2.24) is 15.2 Å². The van der Waals surface area contributed by atoms with Gasteiger partial charge >= 0.3 is 0 Å². The van der Waals surface area contributed by atoms with Crippen molar-refractivity contribution in [2.24, 2.45) is 0 Å². The number of nitrogens with one attached hydrogen (secondary N) is 1. The fourth-order valence-corrected chi connectivity index (χ4v) is 3.48. The molecule has 0 saturated carbocycles. The van der Waals surface area contributed by atoms with E-state index in [1.165, 1.54) is 0 Å². The fraction of sp³-hybridized carbons (Fsp3) is 0.739. The maximum absolute atomic E-state index is 12.7. The zero-order valence-electron chi connectivity index (χ0n) is 19.3. The predicted octanol–water partition coefficient (Wildman–Crippen LogP) is 4.32. The molecule has 2 heterocycles. The topological polar surface area (TPSA) is 63.7 Å². The number of carbonyl (C=O) groups excluding carboxylic acids is 1. The third-order valence-corrected chi connectivity index (χ3v) is 5.22. The summed E-state index contributed by atoms with van der Waals surface area (Å²) in [6, 6.07) is 3.95. The standard InChI is InChI=1S/C21H35N3O3.C2H6.H2/c1-5-17-12-16(13-20(23-17)27-15-19-10-9-11-26-19)21(25)22-14-18(6-2)24(7-3)8-4;1-2;/h12-13,18-19H,5-11,14-15H2,1-4H3,(H,22,25);1-2H3;1H/t18?,19-;;/m1../s1. The van der Waals surface area contributed by atoms with E-state index in [-0.39, 0.29) is 13.4 Å². The molecule has 168 valence electrons. The van der Waals surface area contributed by atoms with Gasteiger partial charge in [0.05, 0.1) is 6.10 Å². The van der Waals surface area contributed by atoms with Crippen LogP contribution in [-0.4, -0.2) is 60.8 Å². The number of likely N-dealkylation sites (N-methyl/N-ethyl adjacent to an activating group) is 1. The summed E-state index contributed by atoms with van der Waals surface area (Å²) in [5.74, 6) is 0.436. The van der Waals surface area contributed by atoms with Crippen LogP contribution >= 0.6 is 0 Å². The third kappa shape index (κ3) is 8.31. The number of ether oxygens (including phenoxy) is 2. The van der Waals surface area contributed by atoms with Gasteiger partial charge in [-0.25, -0.2) is 4.98 Å². The maximum atomic E-state index is 12.7. The number of nitrogens with zero attached hydrogens (tertiary/aromatic N) is 2. The Morgan fingerprint density at radius 2 is 2.03 bits per heavy atom. The molecule has 1 N–H and O–H groups in total. The van der Waals surface area contributed by atoms with Crippen molar-refractivity contribution >= 4 is 5.91 Å². The second-order valence-electron chi connectivity index (χ2n) is 6.98. The van der Waals surface area contributed by atoms with E-state index in [4.69, 9.17) is 9.47 Å². The molecule has 6 heteroatoms. The van der Waals surface area contributed by atoms with Gasteiger partial charge in [-0.2, -0.15) is 0 Å². The van der Waals surface area contributed by atoms with Crippen LogP contribution in [0, 0.1) is 0 Å². The van der Waals surface area contributed by atoms with Crippen LogP contribution in [0.4, 0.5) is 0 Å². The number of aromatic nitrogens is 1. The van der Waals surface area contributed by atoms with E-state index in [1.54, 1.807) is 6.07 Å². The highest BCUT2D eigenvalue weighted by atomic mass is 16.5. The van der Waals surface area contributed by atoms with E-state index in [1.807, 2.05) is 26.8 Å². The Labute approximate surface area is 178 Å². The maximum Gasteiger partial charge on any atom is 0.251 e. The van der Waals surface area contributed by atoms with Gasteiger partial charge in [-0.05, 0) is 44.8 Å². The van der Waals surface area contributed by atoms with E-state index in [9.17, 15) is 4.79 Å². The molecule has 1 aromatic rings. The van der Waals surface area contributed by atoms with Crippen molar-refractivity contribution in [2.75, 3.05) is 32.8 Å². The summed E-state index contributed by atoms with van der Waals surface area (Å²) in [5.41, 5.74) is 1.47. The van der Waals surface area contributed by atoms with Crippen LogP contribution in [0.1, 0.15) is 78.3 Å². The molecule has 1 aliphatic rings. The van der Waals surface area contributed by atoms with E-state index >= 15 is 0 Å². The molecule has 1 amide bonds. The Kier molecular flexibility index (Phi) is 12.6. The molecule has 29 heavy (non-hydrogen) atoms. The van der Waals surface area contributed by atoms with E-state index in [0.29, 0.717) is 30.6 Å². The molecule has 1 fully saturated rings. The lowest BCUT2D eigenvalue weighted by atomic mass is 10.1. The summed E-state index contributed by atoms with van der Waals surface area (Å²) in [4.78, 5) is 19.6. The van der Waals surface area contributed by atoms with Crippen molar-refractivity contribution in [3.8, 4) is 5.88 Å². The van der Waals surface area contributed by atoms with Crippen molar-refractivity contribution in [2.45, 2.75) is 79.4 Å². The zero-order chi connectivity index (χ0) is 21.6. The Hall–Kier alpha value is -1.66. The lowest BCUT2D eigenvalue weighted by Crippen LogP contribution is -2.43. The monoisotopic (exact) mass is 409 g/mol. The second kappa shape index (κ2) is 14.3. The van der Waals surface area contributed by atoms with Gasteiger partial charge in [0.15, 0.2) is 0 Å².